The predicted octanol–water partition coefficient (Wildman–Crippen LogP) is 4.56. The summed E-state index contributed by atoms with van der Waals surface area (Å²) in [5.74, 6) is 0.995. The van der Waals surface area contributed by atoms with E-state index >= 15 is 0 Å². The van der Waals surface area contributed by atoms with Crippen LogP contribution in [0.25, 0.3) is 0 Å². The molecule has 3 heterocycles. The van der Waals surface area contributed by atoms with Crippen molar-refractivity contribution in [2.45, 2.75) is 0 Å². The lowest BCUT2D eigenvalue weighted by Crippen LogP contribution is -2.56. The number of carbonyl (C=O) groups is 1. The maximum Gasteiger partial charge on any atom is 0.342 e. The molecule has 10 nitrogen and oxygen atoms in total. The molecule has 3 aromatic rings. The molecule has 0 spiro atoms. The van der Waals surface area contributed by atoms with Crippen molar-refractivity contribution in [3.63, 3.8) is 0 Å². The Morgan fingerprint density at radius 2 is 1.63 bits per heavy atom. The molecule has 2 aliphatic rings. The number of benzene rings is 2. The van der Waals surface area contributed by atoms with E-state index in [0.717, 1.165) is 50.8 Å². The minimum absolute atomic E-state index is 0.354. The van der Waals surface area contributed by atoms with Crippen molar-refractivity contribution < 1.29 is 9.53 Å². The zero-order valence-corrected chi connectivity index (χ0v) is 22.6. The number of hydrazine groups is 1. The molecule has 2 N–H and O–H groups in total. The van der Waals surface area contributed by atoms with Gasteiger partial charge >= 0.3 is 6.03 Å². The Morgan fingerprint density at radius 1 is 0.947 bits per heavy atom. The molecule has 0 radical (unpaired) electrons. The standard InChI is InChI=1S/C26H30Cl2N8O2/c1-33-9-11-35(12-10-33)36(26(37)32-25-21(27)3-2-4-22(25)28)24-17-23(29-18-30-24)31-19-5-7-20(8-6-19)34-13-15-38-16-14-34/h2-8,17-18H,9-16H2,1H3,(H,32,37)(H,29,30,31). The summed E-state index contributed by atoms with van der Waals surface area (Å²) < 4.78 is 5.45. The third-order valence-corrected chi connectivity index (χ3v) is 7.17. The minimum Gasteiger partial charge on any atom is -0.378 e. The van der Waals surface area contributed by atoms with Crippen LogP contribution in [-0.4, -0.2) is 85.4 Å². The number of urea groups is 1. The molecular weight excluding hydrogens is 527 g/mol. The summed E-state index contributed by atoms with van der Waals surface area (Å²) in [5, 5.41) is 10.4. The first-order chi connectivity index (χ1) is 18.5. The SMILES string of the molecule is CN1CCN(N(C(=O)Nc2c(Cl)cccc2Cl)c2cc(Nc3ccc(N4CCOCC4)cc3)ncn2)CC1. The van der Waals surface area contributed by atoms with Crippen LogP contribution in [0, 0.1) is 0 Å². The number of halogens is 2. The van der Waals surface area contributed by atoms with E-state index in [1.54, 1.807) is 24.3 Å². The summed E-state index contributed by atoms with van der Waals surface area (Å²) in [6.45, 7) is 6.15. The summed E-state index contributed by atoms with van der Waals surface area (Å²) >= 11 is 12.6. The van der Waals surface area contributed by atoms with Crippen LogP contribution in [-0.2, 0) is 4.74 Å². The minimum atomic E-state index is -0.413. The van der Waals surface area contributed by atoms with Gasteiger partial charge in [-0.15, -0.1) is 0 Å². The fourth-order valence-corrected chi connectivity index (χ4v) is 4.90. The highest BCUT2D eigenvalue weighted by Gasteiger charge is 2.28. The Kier molecular flexibility index (Phi) is 8.45. The largest absolute Gasteiger partial charge is 0.378 e. The highest BCUT2D eigenvalue weighted by Crippen LogP contribution is 2.31. The number of carbonyl (C=O) groups excluding carboxylic acids is 1. The summed E-state index contributed by atoms with van der Waals surface area (Å²) in [4.78, 5) is 26.9. The van der Waals surface area contributed by atoms with Gasteiger partial charge in [0.1, 0.15) is 12.1 Å². The number of hydrogen-bond acceptors (Lipinski definition) is 8. The monoisotopic (exact) mass is 556 g/mol. The van der Waals surface area contributed by atoms with E-state index < -0.39 is 6.03 Å². The van der Waals surface area contributed by atoms with Gasteiger partial charge < -0.3 is 25.2 Å². The van der Waals surface area contributed by atoms with E-state index in [-0.39, 0.29) is 0 Å². The second-order valence-electron chi connectivity index (χ2n) is 9.13. The lowest BCUT2D eigenvalue weighted by molar-refractivity contribution is 0.122. The molecule has 2 amide bonds. The average molecular weight is 557 g/mol. The predicted molar refractivity (Wildman–Crippen MR) is 152 cm³/mol. The summed E-state index contributed by atoms with van der Waals surface area (Å²) in [5.41, 5.74) is 2.39. The molecule has 2 fully saturated rings. The van der Waals surface area contributed by atoms with Crippen molar-refractivity contribution in [2.24, 2.45) is 0 Å². The average Bonchev–Trinajstić information content (AvgIpc) is 2.93. The molecule has 1 aromatic heterocycles. The van der Waals surface area contributed by atoms with Crippen LogP contribution in [0.15, 0.2) is 54.9 Å². The number of morpholine rings is 1. The van der Waals surface area contributed by atoms with Gasteiger partial charge in [0.15, 0.2) is 5.82 Å². The van der Waals surface area contributed by atoms with Gasteiger partial charge in [-0.05, 0) is 43.4 Å². The van der Waals surface area contributed by atoms with Crippen molar-refractivity contribution in [2.75, 3.05) is 80.1 Å². The first-order valence-corrected chi connectivity index (χ1v) is 13.2. The molecule has 0 saturated carbocycles. The van der Waals surface area contributed by atoms with E-state index in [1.807, 2.05) is 17.1 Å². The topological polar surface area (TPSA) is 89.1 Å². The molecule has 200 valence electrons. The van der Waals surface area contributed by atoms with Crippen molar-refractivity contribution in [1.82, 2.24) is 19.9 Å². The molecular formula is C26H30Cl2N8O2. The maximum atomic E-state index is 13.6. The number of aromatic nitrogens is 2. The molecule has 0 bridgehead atoms. The fraction of sp³-hybridized carbons (Fsp3) is 0.346. The lowest BCUT2D eigenvalue weighted by atomic mass is 10.2. The third kappa shape index (κ3) is 6.28. The van der Waals surface area contributed by atoms with Crippen LogP contribution in [0.5, 0.6) is 0 Å². The smallest absolute Gasteiger partial charge is 0.342 e. The highest BCUT2D eigenvalue weighted by molar-refractivity contribution is 6.39. The number of nitrogens with one attached hydrogen (secondary N) is 2. The van der Waals surface area contributed by atoms with E-state index in [9.17, 15) is 4.79 Å². The molecule has 2 saturated heterocycles. The van der Waals surface area contributed by atoms with Crippen LogP contribution < -0.4 is 20.5 Å². The first-order valence-electron chi connectivity index (χ1n) is 12.5. The molecule has 0 aliphatic carbocycles. The number of anilines is 5. The summed E-state index contributed by atoms with van der Waals surface area (Å²) in [6.07, 6.45) is 1.44. The second-order valence-corrected chi connectivity index (χ2v) is 9.94. The van der Waals surface area contributed by atoms with Gasteiger partial charge in [-0.3, -0.25) is 0 Å². The van der Waals surface area contributed by atoms with Gasteiger partial charge in [-0.25, -0.2) is 24.8 Å². The zero-order valence-electron chi connectivity index (χ0n) is 21.1. The number of likely N-dealkylation sites (N-methyl/N-ethyl adjacent to an activating group) is 1. The van der Waals surface area contributed by atoms with Crippen LogP contribution in [0.3, 0.4) is 0 Å². The zero-order chi connectivity index (χ0) is 26.5. The molecule has 2 aromatic carbocycles. The number of nitrogens with zero attached hydrogens (tertiary/aromatic N) is 6. The van der Waals surface area contributed by atoms with E-state index in [0.29, 0.717) is 40.5 Å². The van der Waals surface area contributed by atoms with Crippen LogP contribution in [0.1, 0.15) is 0 Å². The van der Waals surface area contributed by atoms with Gasteiger partial charge in [0.2, 0.25) is 0 Å². The van der Waals surface area contributed by atoms with Crippen molar-refractivity contribution in [1.29, 1.82) is 0 Å². The van der Waals surface area contributed by atoms with Gasteiger partial charge in [-0.2, -0.15) is 0 Å². The number of hydrogen-bond donors (Lipinski definition) is 2. The van der Waals surface area contributed by atoms with E-state index in [4.69, 9.17) is 27.9 Å². The van der Waals surface area contributed by atoms with Crippen molar-refractivity contribution in [3.8, 4) is 0 Å². The summed E-state index contributed by atoms with van der Waals surface area (Å²) in [7, 11) is 2.06. The van der Waals surface area contributed by atoms with Gasteiger partial charge in [-0.1, -0.05) is 29.3 Å². The number of para-hydroxylation sites is 1. The van der Waals surface area contributed by atoms with Gasteiger partial charge in [0.05, 0.1) is 28.9 Å². The number of amides is 2. The maximum absolute atomic E-state index is 13.6. The van der Waals surface area contributed by atoms with Gasteiger partial charge in [0, 0.05) is 56.7 Å². The van der Waals surface area contributed by atoms with Crippen LogP contribution >= 0.6 is 23.2 Å². The second kappa shape index (κ2) is 12.1. The lowest BCUT2D eigenvalue weighted by Gasteiger charge is -2.39. The third-order valence-electron chi connectivity index (χ3n) is 6.54. The molecule has 2 aliphatic heterocycles. The van der Waals surface area contributed by atoms with Crippen LogP contribution in [0.4, 0.5) is 33.5 Å². The van der Waals surface area contributed by atoms with E-state index in [1.165, 1.54) is 11.3 Å². The summed E-state index contributed by atoms with van der Waals surface area (Å²) in [6, 6.07) is 14.6. The Labute approximate surface area is 232 Å². The molecule has 0 unspecified atom stereocenters. The van der Waals surface area contributed by atoms with Crippen molar-refractivity contribution >= 4 is 57.9 Å². The fourth-order valence-electron chi connectivity index (χ4n) is 4.41. The normalized spacial score (nSPS) is 16.8. The number of piperazine rings is 1. The highest BCUT2D eigenvalue weighted by atomic mass is 35.5. The Balaban J connectivity index is 1.36. The Bertz CT molecular complexity index is 1230. The molecule has 0 atom stereocenters. The van der Waals surface area contributed by atoms with E-state index in [2.05, 4.69) is 49.6 Å². The number of rotatable bonds is 6. The molecule has 12 heteroatoms. The van der Waals surface area contributed by atoms with Gasteiger partial charge in [0.25, 0.3) is 0 Å². The first kappa shape index (κ1) is 26.5. The Morgan fingerprint density at radius 3 is 2.32 bits per heavy atom. The molecule has 5 rings (SSSR count). The number of ether oxygens (including phenoxy) is 1. The van der Waals surface area contributed by atoms with Crippen LogP contribution in [0.2, 0.25) is 10.0 Å². The molecule has 38 heavy (non-hydrogen) atoms. The quantitative estimate of drug-likeness (QED) is 0.456. The Hall–Kier alpha value is -3.15. The van der Waals surface area contributed by atoms with Crippen molar-refractivity contribution in [3.05, 3.63) is 64.9 Å².